The molecule has 0 bridgehead atoms. The minimum atomic E-state index is 0.439. The van der Waals surface area contributed by atoms with E-state index < -0.39 is 0 Å². The quantitative estimate of drug-likeness (QED) is 0.833. The number of nitrogens with one attached hydrogen (secondary N) is 1. The number of nitrogens with zero attached hydrogens (tertiary/aromatic N) is 1. The number of ether oxygens (including phenoxy) is 1. The summed E-state index contributed by atoms with van der Waals surface area (Å²) in [5, 5.41) is 3.31. The third-order valence-electron chi connectivity index (χ3n) is 3.66. The van der Waals surface area contributed by atoms with Gasteiger partial charge in [0, 0.05) is 11.4 Å². The molecule has 0 fully saturated rings. The third-order valence-corrected chi connectivity index (χ3v) is 3.66. The van der Waals surface area contributed by atoms with Crippen molar-refractivity contribution in [2.75, 3.05) is 17.7 Å². The number of rotatable bonds is 4. The topological polar surface area (TPSA) is 59.6 Å². The van der Waals surface area contributed by atoms with Gasteiger partial charge in [-0.1, -0.05) is 25.5 Å². The Hall–Kier alpha value is -2.49. The average molecular weight is 295 g/mol. The first-order valence-corrected chi connectivity index (χ1v) is 7.70. The molecule has 3 N–H and O–H groups in total. The Kier molecular flexibility index (Phi) is 4.28. The first-order valence-electron chi connectivity index (χ1n) is 7.70. The van der Waals surface area contributed by atoms with Gasteiger partial charge in [-0.25, -0.2) is 4.99 Å². The van der Waals surface area contributed by atoms with Crippen molar-refractivity contribution in [1.82, 2.24) is 0 Å². The van der Waals surface area contributed by atoms with Crippen LogP contribution in [0.1, 0.15) is 25.3 Å². The second-order valence-corrected chi connectivity index (χ2v) is 5.50. The minimum Gasteiger partial charge on any atom is -0.483 e. The second-order valence-electron chi connectivity index (χ2n) is 5.50. The van der Waals surface area contributed by atoms with Crippen molar-refractivity contribution in [2.24, 2.45) is 4.99 Å². The van der Waals surface area contributed by atoms with Crippen molar-refractivity contribution < 1.29 is 4.74 Å². The zero-order valence-electron chi connectivity index (χ0n) is 12.8. The van der Waals surface area contributed by atoms with Gasteiger partial charge in [0.2, 0.25) is 0 Å². The fraction of sp³-hybridized carbons (Fsp3) is 0.278. The number of amidine groups is 1. The molecule has 1 heterocycles. The van der Waals surface area contributed by atoms with Gasteiger partial charge in [-0.15, -0.1) is 0 Å². The lowest BCUT2D eigenvalue weighted by atomic mass is 10.1. The van der Waals surface area contributed by atoms with E-state index in [1.165, 1.54) is 18.4 Å². The van der Waals surface area contributed by atoms with Crippen molar-refractivity contribution in [3.8, 4) is 5.75 Å². The number of nitrogen functional groups attached to an aromatic ring is 1. The highest BCUT2D eigenvalue weighted by Gasteiger charge is 2.13. The number of nitrogens with two attached hydrogens (primary N) is 1. The molecule has 1 aliphatic rings. The average Bonchev–Trinajstić information content (AvgIpc) is 2.54. The molecular weight excluding hydrogens is 274 g/mol. The van der Waals surface area contributed by atoms with E-state index in [9.17, 15) is 0 Å². The van der Waals surface area contributed by atoms with Gasteiger partial charge in [-0.3, -0.25) is 0 Å². The molecule has 0 unspecified atom stereocenters. The molecule has 0 saturated heterocycles. The zero-order valence-corrected chi connectivity index (χ0v) is 12.8. The first kappa shape index (κ1) is 14.4. The van der Waals surface area contributed by atoms with Crippen LogP contribution in [-0.4, -0.2) is 12.4 Å². The van der Waals surface area contributed by atoms with Gasteiger partial charge >= 0.3 is 0 Å². The Morgan fingerprint density at radius 1 is 1.18 bits per heavy atom. The van der Waals surface area contributed by atoms with Gasteiger partial charge in [0.25, 0.3) is 0 Å². The summed E-state index contributed by atoms with van der Waals surface area (Å²) in [6.45, 7) is 2.65. The zero-order chi connectivity index (χ0) is 15.4. The van der Waals surface area contributed by atoms with Crippen molar-refractivity contribution in [3.05, 3.63) is 48.0 Å². The van der Waals surface area contributed by atoms with Crippen LogP contribution in [0.25, 0.3) is 0 Å². The maximum absolute atomic E-state index is 5.79. The Bertz CT molecular complexity index is 677. The summed E-state index contributed by atoms with van der Waals surface area (Å²) in [4.78, 5) is 4.57. The number of hydrogen-bond acceptors (Lipinski definition) is 4. The normalized spacial score (nSPS) is 13.0. The highest BCUT2D eigenvalue weighted by molar-refractivity contribution is 5.99. The minimum absolute atomic E-state index is 0.439. The van der Waals surface area contributed by atoms with Crippen LogP contribution in [0.4, 0.5) is 17.1 Å². The molecule has 4 heteroatoms. The molecule has 0 radical (unpaired) electrons. The second kappa shape index (κ2) is 6.52. The van der Waals surface area contributed by atoms with Crippen molar-refractivity contribution in [2.45, 2.75) is 26.2 Å². The number of unbranched alkanes of at least 4 members (excludes halogenated alkanes) is 1. The number of fused-ring (bicyclic) bond motifs is 1. The molecule has 0 aromatic heterocycles. The number of aryl methyl sites for hydroxylation is 1. The summed E-state index contributed by atoms with van der Waals surface area (Å²) in [5.41, 5.74) is 9.64. The monoisotopic (exact) mass is 295 g/mol. The molecule has 4 nitrogen and oxygen atoms in total. The molecule has 0 saturated carbocycles. The predicted molar refractivity (Wildman–Crippen MR) is 92.1 cm³/mol. The Labute approximate surface area is 131 Å². The molecule has 2 aromatic carbocycles. The molecular formula is C18H21N3O. The maximum atomic E-state index is 5.79. The SMILES string of the molecule is CCCCc1ccc(NC2=Nc3cc(N)ccc3OC2)cc1. The van der Waals surface area contributed by atoms with Crippen molar-refractivity contribution >= 4 is 22.9 Å². The smallest absolute Gasteiger partial charge is 0.146 e. The van der Waals surface area contributed by atoms with Crippen molar-refractivity contribution in [3.63, 3.8) is 0 Å². The van der Waals surface area contributed by atoms with Crippen LogP contribution >= 0.6 is 0 Å². The molecule has 1 aliphatic heterocycles. The summed E-state index contributed by atoms with van der Waals surface area (Å²) in [6, 6.07) is 14.0. The van der Waals surface area contributed by atoms with Gasteiger partial charge in [-0.05, 0) is 48.7 Å². The van der Waals surface area contributed by atoms with Gasteiger partial charge in [-0.2, -0.15) is 0 Å². The van der Waals surface area contributed by atoms with Gasteiger partial charge < -0.3 is 15.8 Å². The number of anilines is 2. The van der Waals surface area contributed by atoms with Gasteiger partial charge in [0.05, 0.1) is 0 Å². The largest absolute Gasteiger partial charge is 0.483 e. The molecule has 0 atom stereocenters. The summed E-state index contributed by atoms with van der Waals surface area (Å²) >= 11 is 0. The van der Waals surface area contributed by atoms with E-state index in [4.69, 9.17) is 10.5 Å². The van der Waals surface area contributed by atoms with E-state index in [0.717, 1.165) is 29.4 Å². The van der Waals surface area contributed by atoms with Crippen LogP contribution in [0.2, 0.25) is 0 Å². The third kappa shape index (κ3) is 3.39. The molecule has 2 aromatic rings. The maximum Gasteiger partial charge on any atom is 0.146 e. The molecule has 0 spiro atoms. The standard InChI is InChI=1S/C18H21N3O/c1-2-3-4-13-5-8-15(9-6-13)20-18-12-22-17-10-7-14(19)11-16(17)21-18/h5-11H,2-4,12,19H2,1H3,(H,20,21). The van der Waals surface area contributed by atoms with E-state index >= 15 is 0 Å². The fourth-order valence-electron chi connectivity index (χ4n) is 2.43. The Balaban J connectivity index is 1.71. The molecule has 0 aliphatic carbocycles. The summed E-state index contributed by atoms with van der Waals surface area (Å²) < 4.78 is 5.69. The Morgan fingerprint density at radius 2 is 2.00 bits per heavy atom. The summed E-state index contributed by atoms with van der Waals surface area (Å²) in [7, 11) is 0. The summed E-state index contributed by atoms with van der Waals surface area (Å²) in [6.07, 6.45) is 3.58. The molecule has 0 amide bonds. The highest BCUT2D eigenvalue weighted by atomic mass is 16.5. The van der Waals surface area contributed by atoms with E-state index in [-0.39, 0.29) is 0 Å². The van der Waals surface area contributed by atoms with Gasteiger partial charge in [0.1, 0.15) is 23.9 Å². The van der Waals surface area contributed by atoms with E-state index in [0.29, 0.717) is 12.3 Å². The predicted octanol–water partition coefficient (Wildman–Crippen LogP) is 4.15. The Morgan fingerprint density at radius 3 is 2.77 bits per heavy atom. The first-order chi connectivity index (χ1) is 10.7. The molecule has 114 valence electrons. The van der Waals surface area contributed by atoms with Crippen LogP contribution in [0.5, 0.6) is 5.75 Å². The number of aliphatic imine (C=N–C) groups is 1. The lowest BCUT2D eigenvalue weighted by Gasteiger charge is -2.18. The van der Waals surface area contributed by atoms with E-state index in [1.807, 2.05) is 18.2 Å². The lowest BCUT2D eigenvalue weighted by Crippen LogP contribution is -2.23. The lowest BCUT2D eigenvalue weighted by molar-refractivity contribution is 0.372. The van der Waals surface area contributed by atoms with Crippen LogP contribution in [0, 0.1) is 0 Å². The fourth-order valence-corrected chi connectivity index (χ4v) is 2.43. The van der Waals surface area contributed by atoms with E-state index in [2.05, 4.69) is 41.5 Å². The van der Waals surface area contributed by atoms with Crippen LogP contribution < -0.4 is 15.8 Å². The highest BCUT2D eigenvalue weighted by Crippen LogP contribution is 2.32. The summed E-state index contributed by atoms with van der Waals surface area (Å²) in [5.74, 6) is 1.56. The number of hydrogen-bond donors (Lipinski definition) is 2. The van der Waals surface area contributed by atoms with Crippen LogP contribution in [0.3, 0.4) is 0 Å². The number of benzene rings is 2. The van der Waals surface area contributed by atoms with Crippen LogP contribution in [0.15, 0.2) is 47.5 Å². The van der Waals surface area contributed by atoms with Crippen molar-refractivity contribution in [1.29, 1.82) is 0 Å². The van der Waals surface area contributed by atoms with E-state index in [1.54, 1.807) is 0 Å². The molecule has 3 rings (SSSR count). The van der Waals surface area contributed by atoms with Gasteiger partial charge in [0.15, 0.2) is 0 Å². The van der Waals surface area contributed by atoms with Crippen LogP contribution in [-0.2, 0) is 6.42 Å². The molecule has 22 heavy (non-hydrogen) atoms.